The summed E-state index contributed by atoms with van der Waals surface area (Å²) in [5.74, 6) is 1.13. The number of nitrogens with one attached hydrogen (secondary N) is 3. The Bertz CT molecular complexity index is 1040. The molecule has 1 saturated heterocycles. The van der Waals surface area contributed by atoms with E-state index < -0.39 is 0 Å². The van der Waals surface area contributed by atoms with Crippen molar-refractivity contribution in [1.29, 1.82) is 0 Å². The normalized spacial score (nSPS) is 18.7. The maximum atomic E-state index is 13.1. The number of nitrogens with zero attached hydrogens (tertiary/aromatic N) is 1. The summed E-state index contributed by atoms with van der Waals surface area (Å²) in [7, 11) is 0. The summed E-state index contributed by atoms with van der Waals surface area (Å²) in [5, 5.41) is 11.9. The lowest BCUT2D eigenvalue weighted by Crippen LogP contribution is -2.43. The molecule has 2 aromatic carbocycles. The maximum Gasteiger partial charge on any atom is 0.271 e. The van der Waals surface area contributed by atoms with Gasteiger partial charge in [0.1, 0.15) is 28.3 Å². The van der Waals surface area contributed by atoms with Crippen LogP contribution < -0.4 is 15.4 Å². The molecule has 3 aromatic rings. The Labute approximate surface area is 182 Å². The molecule has 1 aromatic heterocycles. The van der Waals surface area contributed by atoms with Gasteiger partial charge >= 0.3 is 0 Å². The molecular weight excluding hydrogens is 419 g/mol. The zero-order valence-electron chi connectivity index (χ0n) is 16.5. The first kappa shape index (κ1) is 20.9. The van der Waals surface area contributed by atoms with E-state index in [9.17, 15) is 14.0 Å². The molecule has 2 atom stereocenters. The van der Waals surface area contributed by atoms with Crippen LogP contribution in [0.5, 0.6) is 11.5 Å². The lowest BCUT2D eigenvalue weighted by molar-refractivity contribution is -0.121. The molecule has 0 saturated carbocycles. The van der Waals surface area contributed by atoms with Crippen LogP contribution in [0.1, 0.15) is 27.7 Å². The number of amides is 2. The van der Waals surface area contributed by atoms with Crippen LogP contribution >= 0.6 is 11.8 Å². The number of aromatic amines is 1. The van der Waals surface area contributed by atoms with Gasteiger partial charge in [0, 0.05) is 18.8 Å². The van der Waals surface area contributed by atoms with Crippen molar-refractivity contribution in [2.45, 2.75) is 17.7 Å². The third-order valence-corrected chi connectivity index (χ3v) is 6.08. The molecule has 0 radical (unpaired) electrons. The number of thioether (sulfide) groups is 1. The van der Waals surface area contributed by atoms with Crippen LogP contribution in [0.2, 0.25) is 0 Å². The summed E-state index contributed by atoms with van der Waals surface area (Å²) in [6.45, 7) is 0.332. The monoisotopic (exact) mass is 440 g/mol. The molecule has 31 heavy (non-hydrogen) atoms. The standard InChI is InChI=1S/C22H21FN4O3S/c23-15-4-6-17(7-5-15)30-18-3-1-2-14(12-18)20-22(29)26-16(9-11-31-20)13-24-21(28)19-8-10-25-27-19/h1-8,10,12,16,20H,9,11,13H2,(H,24,28)(H,25,27)(H,26,29)/t16-,20+/m0/s1. The Morgan fingerprint density at radius 3 is 2.81 bits per heavy atom. The highest BCUT2D eigenvalue weighted by Gasteiger charge is 2.28. The molecule has 4 rings (SSSR count). The van der Waals surface area contributed by atoms with Gasteiger partial charge in [-0.1, -0.05) is 12.1 Å². The van der Waals surface area contributed by atoms with Crippen molar-refractivity contribution in [2.24, 2.45) is 0 Å². The number of rotatable bonds is 6. The third-order valence-electron chi connectivity index (χ3n) is 4.79. The third kappa shape index (κ3) is 5.43. The van der Waals surface area contributed by atoms with Crippen molar-refractivity contribution in [3.63, 3.8) is 0 Å². The van der Waals surface area contributed by atoms with Gasteiger partial charge < -0.3 is 15.4 Å². The minimum atomic E-state index is -0.385. The maximum absolute atomic E-state index is 13.1. The van der Waals surface area contributed by atoms with E-state index in [4.69, 9.17) is 4.74 Å². The second-order valence-corrected chi connectivity index (χ2v) is 8.26. The highest BCUT2D eigenvalue weighted by atomic mass is 32.2. The number of hydrogen-bond acceptors (Lipinski definition) is 5. The number of benzene rings is 2. The summed E-state index contributed by atoms with van der Waals surface area (Å²) in [5.41, 5.74) is 1.13. The molecule has 2 heterocycles. The van der Waals surface area contributed by atoms with Gasteiger partial charge in [0.2, 0.25) is 5.91 Å². The SMILES string of the molecule is O=C(NC[C@@H]1CCS[C@H](c2cccc(Oc3ccc(F)cc3)c2)C(=O)N1)c1cc[nH]n1. The van der Waals surface area contributed by atoms with Gasteiger partial charge in [-0.15, -0.1) is 11.8 Å². The van der Waals surface area contributed by atoms with Crippen LogP contribution in [-0.4, -0.2) is 40.4 Å². The van der Waals surface area contributed by atoms with Crippen LogP contribution in [0.15, 0.2) is 60.8 Å². The zero-order chi connectivity index (χ0) is 21.6. The molecular formula is C22H21FN4O3S. The number of aromatic nitrogens is 2. The van der Waals surface area contributed by atoms with E-state index in [0.717, 1.165) is 17.7 Å². The van der Waals surface area contributed by atoms with Crippen LogP contribution in [0.25, 0.3) is 0 Å². The van der Waals surface area contributed by atoms with Gasteiger partial charge in [-0.3, -0.25) is 14.7 Å². The Hall–Kier alpha value is -3.33. The molecule has 0 aliphatic carbocycles. The van der Waals surface area contributed by atoms with Gasteiger partial charge in [0.25, 0.3) is 5.91 Å². The van der Waals surface area contributed by atoms with E-state index in [0.29, 0.717) is 23.7 Å². The largest absolute Gasteiger partial charge is 0.457 e. The molecule has 9 heteroatoms. The van der Waals surface area contributed by atoms with Crippen LogP contribution in [0, 0.1) is 5.82 Å². The average Bonchev–Trinajstić information content (AvgIpc) is 3.24. The fourth-order valence-corrected chi connectivity index (χ4v) is 4.44. The molecule has 1 fully saturated rings. The fourth-order valence-electron chi connectivity index (χ4n) is 3.23. The van der Waals surface area contributed by atoms with E-state index in [1.807, 2.05) is 18.2 Å². The molecule has 2 amide bonds. The number of ether oxygens (including phenoxy) is 1. The number of H-pyrrole nitrogens is 1. The Morgan fingerprint density at radius 1 is 1.19 bits per heavy atom. The van der Waals surface area contributed by atoms with Crippen molar-refractivity contribution in [1.82, 2.24) is 20.8 Å². The highest BCUT2D eigenvalue weighted by molar-refractivity contribution is 8.00. The van der Waals surface area contributed by atoms with Crippen molar-refractivity contribution < 1.29 is 18.7 Å². The van der Waals surface area contributed by atoms with Crippen LogP contribution in [0.4, 0.5) is 4.39 Å². The molecule has 1 aliphatic rings. The summed E-state index contributed by atoms with van der Waals surface area (Å²) in [6.07, 6.45) is 2.32. The van der Waals surface area contributed by atoms with E-state index in [1.54, 1.807) is 42.2 Å². The van der Waals surface area contributed by atoms with Crippen molar-refractivity contribution in [2.75, 3.05) is 12.3 Å². The summed E-state index contributed by atoms with van der Waals surface area (Å²) < 4.78 is 18.9. The minimum Gasteiger partial charge on any atom is -0.457 e. The van der Waals surface area contributed by atoms with Crippen LogP contribution in [0.3, 0.4) is 0 Å². The lowest BCUT2D eigenvalue weighted by Gasteiger charge is -2.18. The first-order valence-corrected chi connectivity index (χ1v) is 10.9. The Balaban J connectivity index is 1.38. The zero-order valence-corrected chi connectivity index (χ0v) is 17.3. The molecule has 1 aliphatic heterocycles. The molecule has 0 bridgehead atoms. The van der Waals surface area contributed by atoms with E-state index in [1.165, 1.54) is 12.1 Å². The molecule has 0 unspecified atom stereocenters. The first-order valence-electron chi connectivity index (χ1n) is 9.82. The number of carbonyl (C=O) groups excluding carboxylic acids is 2. The highest BCUT2D eigenvalue weighted by Crippen LogP contribution is 2.34. The Morgan fingerprint density at radius 2 is 2.03 bits per heavy atom. The second kappa shape index (κ2) is 9.65. The second-order valence-electron chi connectivity index (χ2n) is 7.04. The Kier molecular flexibility index (Phi) is 6.51. The van der Waals surface area contributed by atoms with Crippen LogP contribution in [-0.2, 0) is 4.79 Å². The number of halogens is 1. The topological polar surface area (TPSA) is 96.1 Å². The van der Waals surface area contributed by atoms with Crippen molar-refractivity contribution >= 4 is 23.6 Å². The summed E-state index contributed by atoms with van der Waals surface area (Å²) in [6, 6.07) is 14.5. The summed E-state index contributed by atoms with van der Waals surface area (Å²) >= 11 is 1.55. The average molecular weight is 441 g/mol. The van der Waals surface area contributed by atoms with Crippen molar-refractivity contribution in [3.05, 3.63) is 77.9 Å². The number of hydrogen-bond donors (Lipinski definition) is 3. The van der Waals surface area contributed by atoms with Gasteiger partial charge in [-0.05, 0) is 60.2 Å². The quantitative estimate of drug-likeness (QED) is 0.546. The summed E-state index contributed by atoms with van der Waals surface area (Å²) in [4.78, 5) is 24.9. The molecule has 160 valence electrons. The van der Waals surface area contributed by atoms with E-state index in [2.05, 4.69) is 20.8 Å². The predicted molar refractivity (Wildman–Crippen MR) is 116 cm³/mol. The van der Waals surface area contributed by atoms with Gasteiger partial charge in [-0.2, -0.15) is 5.10 Å². The van der Waals surface area contributed by atoms with Gasteiger partial charge in [0.15, 0.2) is 0 Å². The van der Waals surface area contributed by atoms with Gasteiger partial charge in [-0.25, -0.2) is 4.39 Å². The van der Waals surface area contributed by atoms with Gasteiger partial charge in [0.05, 0.1) is 0 Å². The minimum absolute atomic E-state index is 0.111. The smallest absolute Gasteiger partial charge is 0.271 e. The van der Waals surface area contributed by atoms with Crippen molar-refractivity contribution in [3.8, 4) is 11.5 Å². The fraction of sp³-hybridized carbons (Fsp3) is 0.227. The number of carbonyl (C=O) groups is 2. The van der Waals surface area contributed by atoms with E-state index in [-0.39, 0.29) is 28.9 Å². The molecule has 3 N–H and O–H groups in total. The lowest BCUT2D eigenvalue weighted by atomic mass is 10.1. The van der Waals surface area contributed by atoms with E-state index >= 15 is 0 Å². The first-order chi connectivity index (χ1) is 15.1. The molecule has 0 spiro atoms. The molecule has 7 nitrogen and oxygen atoms in total. The predicted octanol–water partition coefficient (Wildman–Crippen LogP) is 3.43.